The van der Waals surface area contributed by atoms with Crippen molar-refractivity contribution in [2.24, 2.45) is 0 Å². The Morgan fingerprint density at radius 1 is 1.32 bits per heavy atom. The average Bonchev–Trinajstić information content (AvgIpc) is 2.98. The minimum Gasteiger partial charge on any atom is -0.491 e. The SMILES string of the molecule is CCOc1ccc(C(=O)N2CCC3(CC2)OCCO3)cc1F. The molecule has 1 spiro atoms. The van der Waals surface area contributed by atoms with Gasteiger partial charge in [-0.15, -0.1) is 0 Å². The quantitative estimate of drug-likeness (QED) is 0.859. The first-order chi connectivity index (χ1) is 10.6. The number of carbonyl (C=O) groups is 1. The molecule has 22 heavy (non-hydrogen) atoms. The first-order valence-corrected chi connectivity index (χ1v) is 7.63. The predicted molar refractivity (Wildman–Crippen MR) is 77.3 cm³/mol. The Morgan fingerprint density at radius 2 is 2.00 bits per heavy atom. The third-order valence-electron chi connectivity index (χ3n) is 4.10. The molecule has 6 heteroatoms. The van der Waals surface area contributed by atoms with Crippen LogP contribution >= 0.6 is 0 Å². The van der Waals surface area contributed by atoms with E-state index in [4.69, 9.17) is 14.2 Å². The van der Waals surface area contributed by atoms with Gasteiger partial charge in [0.15, 0.2) is 17.4 Å². The van der Waals surface area contributed by atoms with E-state index in [-0.39, 0.29) is 11.7 Å². The zero-order chi connectivity index (χ0) is 15.6. The van der Waals surface area contributed by atoms with Gasteiger partial charge in [0.2, 0.25) is 0 Å². The van der Waals surface area contributed by atoms with Gasteiger partial charge in [-0.2, -0.15) is 0 Å². The minimum atomic E-state index is -0.513. The highest BCUT2D eigenvalue weighted by Gasteiger charge is 2.40. The van der Waals surface area contributed by atoms with Crippen LogP contribution in [0.3, 0.4) is 0 Å². The molecule has 3 rings (SSSR count). The molecule has 0 N–H and O–H groups in total. The van der Waals surface area contributed by atoms with Crippen LogP contribution in [0.25, 0.3) is 0 Å². The molecule has 0 aliphatic carbocycles. The fourth-order valence-corrected chi connectivity index (χ4v) is 2.93. The molecule has 0 unspecified atom stereocenters. The fraction of sp³-hybridized carbons (Fsp3) is 0.562. The molecular weight excluding hydrogens is 289 g/mol. The summed E-state index contributed by atoms with van der Waals surface area (Å²) < 4.78 is 30.3. The van der Waals surface area contributed by atoms with Crippen LogP contribution in [0.1, 0.15) is 30.1 Å². The molecule has 0 radical (unpaired) electrons. The van der Waals surface area contributed by atoms with Crippen molar-refractivity contribution in [3.63, 3.8) is 0 Å². The maximum absolute atomic E-state index is 13.9. The van der Waals surface area contributed by atoms with Crippen LogP contribution in [0.2, 0.25) is 0 Å². The van der Waals surface area contributed by atoms with Crippen LogP contribution in [-0.2, 0) is 9.47 Å². The Labute approximate surface area is 128 Å². The maximum atomic E-state index is 13.9. The summed E-state index contributed by atoms with van der Waals surface area (Å²) in [5, 5.41) is 0. The summed E-state index contributed by atoms with van der Waals surface area (Å²) in [7, 11) is 0. The molecule has 0 aromatic heterocycles. The summed E-state index contributed by atoms with van der Waals surface area (Å²) >= 11 is 0. The second-order valence-corrected chi connectivity index (χ2v) is 5.48. The fourth-order valence-electron chi connectivity index (χ4n) is 2.93. The normalized spacial score (nSPS) is 20.4. The Balaban J connectivity index is 1.66. The number of halogens is 1. The molecule has 0 atom stereocenters. The molecule has 1 amide bonds. The van der Waals surface area contributed by atoms with Crippen molar-refractivity contribution >= 4 is 5.91 Å². The van der Waals surface area contributed by atoms with E-state index < -0.39 is 11.6 Å². The summed E-state index contributed by atoms with van der Waals surface area (Å²) in [6.07, 6.45) is 1.30. The Morgan fingerprint density at radius 3 is 2.59 bits per heavy atom. The van der Waals surface area contributed by atoms with Crippen LogP contribution in [0.5, 0.6) is 5.75 Å². The van der Waals surface area contributed by atoms with E-state index >= 15 is 0 Å². The lowest BCUT2D eigenvalue weighted by Crippen LogP contribution is -2.47. The second-order valence-electron chi connectivity index (χ2n) is 5.48. The van der Waals surface area contributed by atoms with E-state index in [2.05, 4.69) is 0 Å². The zero-order valence-corrected chi connectivity index (χ0v) is 12.6. The van der Waals surface area contributed by atoms with E-state index in [0.717, 1.165) is 0 Å². The molecule has 120 valence electrons. The van der Waals surface area contributed by atoms with Crippen LogP contribution in [0, 0.1) is 5.82 Å². The highest BCUT2D eigenvalue weighted by Crippen LogP contribution is 2.32. The van der Waals surface area contributed by atoms with Gasteiger partial charge < -0.3 is 19.1 Å². The number of ether oxygens (including phenoxy) is 3. The summed E-state index contributed by atoms with van der Waals surface area (Å²) in [5.74, 6) is -1.02. The van der Waals surface area contributed by atoms with Crippen LogP contribution in [-0.4, -0.2) is 49.5 Å². The summed E-state index contributed by atoms with van der Waals surface area (Å²) in [5.41, 5.74) is 0.338. The Bertz CT molecular complexity index is 547. The largest absolute Gasteiger partial charge is 0.491 e. The average molecular weight is 309 g/mol. The number of benzene rings is 1. The van der Waals surface area contributed by atoms with Gasteiger partial charge in [-0.3, -0.25) is 4.79 Å². The van der Waals surface area contributed by atoms with Gasteiger partial charge in [-0.05, 0) is 25.1 Å². The van der Waals surface area contributed by atoms with E-state index in [9.17, 15) is 9.18 Å². The van der Waals surface area contributed by atoms with Crippen LogP contribution in [0.15, 0.2) is 18.2 Å². The smallest absolute Gasteiger partial charge is 0.253 e. The minimum absolute atomic E-state index is 0.171. The van der Waals surface area contributed by atoms with Gasteiger partial charge in [0, 0.05) is 31.5 Å². The van der Waals surface area contributed by atoms with Gasteiger partial charge in [0.25, 0.3) is 5.91 Å². The van der Waals surface area contributed by atoms with E-state index in [1.807, 2.05) is 0 Å². The first kappa shape index (κ1) is 15.2. The number of likely N-dealkylation sites (tertiary alicyclic amines) is 1. The number of carbonyl (C=O) groups excluding carboxylic acids is 1. The lowest BCUT2D eigenvalue weighted by molar-refractivity contribution is -0.181. The number of amides is 1. The van der Waals surface area contributed by atoms with Gasteiger partial charge in [-0.1, -0.05) is 0 Å². The Hall–Kier alpha value is -1.66. The molecule has 2 aliphatic rings. The predicted octanol–water partition coefficient (Wildman–Crippen LogP) is 2.20. The highest BCUT2D eigenvalue weighted by molar-refractivity contribution is 5.94. The van der Waals surface area contributed by atoms with Crippen molar-refractivity contribution in [3.8, 4) is 5.75 Å². The zero-order valence-electron chi connectivity index (χ0n) is 12.6. The molecule has 1 aromatic carbocycles. The molecule has 2 heterocycles. The molecule has 5 nitrogen and oxygen atoms in total. The first-order valence-electron chi connectivity index (χ1n) is 7.63. The van der Waals surface area contributed by atoms with Crippen molar-refractivity contribution in [2.45, 2.75) is 25.6 Å². The molecule has 0 bridgehead atoms. The number of hydrogen-bond donors (Lipinski definition) is 0. The van der Waals surface area contributed by atoms with Crippen LogP contribution < -0.4 is 4.74 Å². The van der Waals surface area contributed by atoms with Gasteiger partial charge >= 0.3 is 0 Å². The molecule has 1 aromatic rings. The molecule has 0 saturated carbocycles. The van der Waals surface area contributed by atoms with Gasteiger partial charge in [0.1, 0.15) is 0 Å². The topological polar surface area (TPSA) is 48.0 Å². The number of piperidine rings is 1. The maximum Gasteiger partial charge on any atom is 0.253 e. The summed E-state index contributed by atoms with van der Waals surface area (Å²) in [6.45, 7) is 4.49. The monoisotopic (exact) mass is 309 g/mol. The van der Waals surface area contributed by atoms with Crippen molar-refractivity contribution in [1.82, 2.24) is 4.90 Å². The van der Waals surface area contributed by atoms with Gasteiger partial charge in [-0.25, -0.2) is 4.39 Å². The van der Waals surface area contributed by atoms with Crippen LogP contribution in [0.4, 0.5) is 4.39 Å². The lowest BCUT2D eigenvalue weighted by atomic mass is 10.0. The molecule has 2 aliphatic heterocycles. The van der Waals surface area contributed by atoms with Gasteiger partial charge in [0.05, 0.1) is 19.8 Å². The summed E-state index contributed by atoms with van der Waals surface area (Å²) in [6, 6.07) is 4.34. The standard InChI is InChI=1S/C16H20FNO4/c1-2-20-14-4-3-12(11-13(14)17)15(19)18-7-5-16(6-8-18)21-9-10-22-16/h3-4,11H,2,5-10H2,1H3. The van der Waals surface area contributed by atoms with E-state index in [1.165, 1.54) is 12.1 Å². The van der Waals surface area contributed by atoms with Crippen molar-refractivity contribution in [2.75, 3.05) is 32.9 Å². The third-order valence-corrected chi connectivity index (χ3v) is 4.10. The Kier molecular flexibility index (Phi) is 4.31. The third kappa shape index (κ3) is 2.94. The molecule has 2 saturated heterocycles. The lowest BCUT2D eigenvalue weighted by Gasteiger charge is -2.37. The number of nitrogens with zero attached hydrogens (tertiary/aromatic N) is 1. The second kappa shape index (κ2) is 6.22. The van der Waals surface area contributed by atoms with Crippen molar-refractivity contribution in [3.05, 3.63) is 29.6 Å². The highest BCUT2D eigenvalue weighted by atomic mass is 19.1. The molecular formula is C16H20FNO4. The number of hydrogen-bond acceptors (Lipinski definition) is 4. The molecule has 2 fully saturated rings. The van der Waals surface area contributed by atoms with E-state index in [1.54, 1.807) is 17.9 Å². The summed E-state index contributed by atoms with van der Waals surface area (Å²) in [4.78, 5) is 14.2. The van der Waals surface area contributed by atoms with Crippen molar-refractivity contribution < 1.29 is 23.4 Å². The number of rotatable bonds is 3. The van der Waals surface area contributed by atoms with Crippen molar-refractivity contribution in [1.29, 1.82) is 0 Å². The van der Waals surface area contributed by atoms with E-state index in [0.29, 0.717) is 51.3 Å².